The van der Waals surface area contributed by atoms with Gasteiger partial charge in [-0.3, -0.25) is 4.79 Å². The molecule has 0 bridgehead atoms. The fourth-order valence-corrected chi connectivity index (χ4v) is 1.37. The highest BCUT2D eigenvalue weighted by atomic mass is 79.9. The van der Waals surface area contributed by atoms with Gasteiger partial charge < -0.3 is 10.6 Å². The molecule has 88 valence electrons. The van der Waals surface area contributed by atoms with Gasteiger partial charge in [0.25, 0.3) is 0 Å². The number of carbonyl (C=O) groups excluding carboxylic acids is 1. The van der Waals surface area contributed by atoms with Crippen LogP contribution in [-0.2, 0) is 4.79 Å². The average Bonchev–Trinajstić information content (AvgIpc) is 2.29. The van der Waals surface area contributed by atoms with Crippen LogP contribution in [0.3, 0.4) is 0 Å². The van der Waals surface area contributed by atoms with Gasteiger partial charge in [-0.25, -0.2) is 4.98 Å². The van der Waals surface area contributed by atoms with E-state index in [0.717, 1.165) is 23.3 Å². The summed E-state index contributed by atoms with van der Waals surface area (Å²) in [6, 6.07) is 3.78. The summed E-state index contributed by atoms with van der Waals surface area (Å²) in [4.78, 5) is 15.4. The van der Waals surface area contributed by atoms with E-state index in [-0.39, 0.29) is 5.91 Å². The molecule has 0 atom stereocenters. The lowest BCUT2D eigenvalue weighted by Gasteiger charge is -2.05. The number of nitrogens with zero attached hydrogens (tertiary/aromatic N) is 1. The van der Waals surface area contributed by atoms with Crippen molar-refractivity contribution in [2.45, 2.75) is 19.8 Å². The third-order valence-electron chi connectivity index (χ3n) is 1.96. The zero-order chi connectivity index (χ0) is 11.8. The van der Waals surface area contributed by atoms with Crippen molar-refractivity contribution in [1.82, 2.24) is 10.3 Å². The highest BCUT2D eigenvalue weighted by molar-refractivity contribution is 9.10. The Morgan fingerprint density at radius 3 is 2.88 bits per heavy atom. The monoisotopic (exact) mass is 285 g/mol. The maximum Gasteiger partial charge on any atom is 0.221 e. The normalized spacial score (nSPS) is 9.88. The number of anilines is 1. The minimum absolute atomic E-state index is 0.0754. The molecule has 0 saturated carbocycles. The molecule has 1 aromatic heterocycles. The van der Waals surface area contributed by atoms with Crippen LogP contribution < -0.4 is 10.6 Å². The Bertz CT molecular complexity index is 327. The number of amides is 1. The van der Waals surface area contributed by atoms with Gasteiger partial charge in [-0.15, -0.1) is 0 Å². The van der Waals surface area contributed by atoms with Crippen LogP contribution in [0.5, 0.6) is 0 Å². The Kier molecular flexibility index (Phi) is 5.85. The molecule has 5 heteroatoms. The third kappa shape index (κ3) is 5.11. The summed E-state index contributed by atoms with van der Waals surface area (Å²) in [5.41, 5.74) is 0. The zero-order valence-corrected chi connectivity index (χ0v) is 10.9. The summed E-state index contributed by atoms with van der Waals surface area (Å²) in [6.07, 6.45) is 3.16. The zero-order valence-electron chi connectivity index (χ0n) is 9.29. The number of halogens is 1. The maximum absolute atomic E-state index is 11.3. The molecule has 0 aliphatic rings. The fourth-order valence-electron chi connectivity index (χ4n) is 1.14. The van der Waals surface area contributed by atoms with E-state index < -0.39 is 0 Å². The minimum atomic E-state index is 0.0754. The molecular weight excluding hydrogens is 270 g/mol. The van der Waals surface area contributed by atoms with Gasteiger partial charge in [0.1, 0.15) is 5.82 Å². The molecule has 0 aliphatic carbocycles. The van der Waals surface area contributed by atoms with Crippen LogP contribution in [0.2, 0.25) is 0 Å². The number of hydrogen-bond acceptors (Lipinski definition) is 3. The molecule has 0 fully saturated rings. The Hall–Kier alpha value is -1.10. The number of nitrogens with one attached hydrogen (secondary N) is 2. The van der Waals surface area contributed by atoms with Crippen molar-refractivity contribution in [3.8, 4) is 0 Å². The summed E-state index contributed by atoms with van der Waals surface area (Å²) >= 11 is 3.31. The second kappa shape index (κ2) is 7.22. The number of hydrogen-bond donors (Lipinski definition) is 2. The van der Waals surface area contributed by atoms with Gasteiger partial charge in [0.15, 0.2) is 0 Å². The van der Waals surface area contributed by atoms with E-state index in [1.807, 2.05) is 19.1 Å². The average molecular weight is 286 g/mol. The van der Waals surface area contributed by atoms with Gasteiger partial charge in [-0.05, 0) is 34.5 Å². The molecule has 0 aromatic carbocycles. The molecule has 0 spiro atoms. The predicted octanol–water partition coefficient (Wildman–Crippen LogP) is 2.17. The van der Waals surface area contributed by atoms with Crippen LogP contribution in [0.15, 0.2) is 22.8 Å². The molecule has 1 heterocycles. The fraction of sp³-hybridized carbons (Fsp3) is 0.455. The van der Waals surface area contributed by atoms with Gasteiger partial charge in [0.2, 0.25) is 5.91 Å². The van der Waals surface area contributed by atoms with E-state index in [4.69, 9.17) is 0 Å². The van der Waals surface area contributed by atoms with E-state index in [0.29, 0.717) is 13.0 Å². The Morgan fingerprint density at radius 2 is 2.25 bits per heavy atom. The SMILES string of the molecule is CCCNC(=O)CCNc1ccc(Br)cn1. The molecule has 1 aromatic rings. The number of aromatic nitrogens is 1. The number of rotatable bonds is 6. The van der Waals surface area contributed by atoms with Crippen molar-refractivity contribution < 1.29 is 4.79 Å². The van der Waals surface area contributed by atoms with Crippen molar-refractivity contribution >= 4 is 27.7 Å². The van der Waals surface area contributed by atoms with Gasteiger partial charge in [0, 0.05) is 30.2 Å². The molecule has 1 rings (SSSR count). The number of carbonyl (C=O) groups is 1. The largest absolute Gasteiger partial charge is 0.370 e. The van der Waals surface area contributed by atoms with Crippen LogP contribution in [0.4, 0.5) is 5.82 Å². The van der Waals surface area contributed by atoms with E-state index >= 15 is 0 Å². The van der Waals surface area contributed by atoms with E-state index in [2.05, 4.69) is 31.5 Å². The molecule has 0 aliphatic heterocycles. The summed E-state index contributed by atoms with van der Waals surface area (Å²) < 4.78 is 0.943. The molecule has 0 radical (unpaired) electrons. The standard InChI is InChI=1S/C11H16BrN3O/c1-2-6-14-11(16)5-7-13-10-4-3-9(12)8-15-10/h3-4,8H,2,5-7H2,1H3,(H,13,15)(H,14,16). The Balaban J connectivity index is 2.20. The first kappa shape index (κ1) is 13.0. The molecule has 1 amide bonds. The van der Waals surface area contributed by atoms with Gasteiger partial charge in [-0.1, -0.05) is 6.92 Å². The van der Waals surface area contributed by atoms with Crippen molar-refractivity contribution in [3.63, 3.8) is 0 Å². The molecular formula is C11H16BrN3O. The first-order valence-electron chi connectivity index (χ1n) is 5.34. The topological polar surface area (TPSA) is 54.0 Å². The lowest BCUT2D eigenvalue weighted by molar-refractivity contribution is -0.120. The predicted molar refractivity (Wildman–Crippen MR) is 68.3 cm³/mol. The lowest BCUT2D eigenvalue weighted by atomic mass is 10.3. The molecule has 16 heavy (non-hydrogen) atoms. The highest BCUT2D eigenvalue weighted by Crippen LogP contribution is 2.10. The number of pyridine rings is 1. The molecule has 2 N–H and O–H groups in total. The Morgan fingerprint density at radius 1 is 1.44 bits per heavy atom. The first-order valence-corrected chi connectivity index (χ1v) is 6.14. The van der Waals surface area contributed by atoms with Gasteiger partial charge in [0.05, 0.1) is 0 Å². The van der Waals surface area contributed by atoms with Crippen LogP contribution in [0.25, 0.3) is 0 Å². The molecule has 4 nitrogen and oxygen atoms in total. The second-order valence-electron chi connectivity index (χ2n) is 3.39. The maximum atomic E-state index is 11.3. The van der Waals surface area contributed by atoms with Crippen LogP contribution in [0, 0.1) is 0 Å². The quantitative estimate of drug-likeness (QED) is 0.842. The van der Waals surface area contributed by atoms with Crippen LogP contribution in [-0.4, -0.2) is 24.0 Å². The smallest absolute Gasteiger partial charge is 0.221 e. The van der Waals surface area contributed by atoms with Crippen molar-refractivity contribution in [3.05, 3.63) is 22.8 Å². The lowest BCUT2D eigenvalue weighted by Crippen LogP contribution is -2.25. The van der Waals surface area contributed by atoms with E-state index in [1.165, 1.54) is 0 Å². The van der Waals surface area contributed by atoms with Crippen molar-refractivity contribution in [1.29, 1.82) is 0 Å². The van der Waals surface area contributed by atoms with Crippen LogP contribution in [0.1, 0.15) is 19.8 Å². The van der Waals surface area contributed by atoms with Gasteiger partial charge >= 0.3 is 0 Å². The van der Waals surface area contributed by atoms with Crippen molar-refractivity contribution in [2.24, 2.45) is 0 Å². The Labute approximate surface area is 104 Å². The highest BCUT2D eigenvalue weighted by Gasteiger charge is 1.99. The van der Waals surface area contributed by atoms with Crippen molar-refractivity contribution in [2.75, 3.05) is 18.4 Å². The summed E-state index contributed by atoms with van der Waals surface area (Å²) in [5.74, 6) is 0.859. The second-order valence-corrected chi connectivity index (χ2v) is 4.30. The molecule has 0 saturated heterocycles. The third-order valence-corrected chi connectivity index (χ3v) is 2.43. The van der Waals surface area contributed by atoms with Gasteiger partial charge in [-0.2, -0.15) is 0 Å². The summed E-state index contributed by atoms with van der Waals surface area (Å²) in [7, 11) is 0. The summed E-state index contributed by atoms with van der Waals surface area (Å²) in [5, 5.41) is 5.91. The van der Waals surface area contributed by atoms with Crippen LogP contribution >= 0.6 is 15.9 Å². The van der Waals surface area contributed by atoms with E-state index in [1.54, 1.807) is 6.20 Å². The van der Waals surface area contributed by atoms with E-state index in [9.17, 15) is 4.79 Å². The first-order chi connectivity index (χ1) is 7.72. The summed E-state index contributed by atoms with van der Waals surface area (Å²) in [6.45, 7) is 3.38. The molecule has 0 unspecified atom stereocenters. The minimum Gasteiger partial charge on any atom is -0.370 e.